The van der Waals surface area contributed by atoms with E-state index >= 15 is 0 Å². The van der Waals surface area contributed by atoms with Gasteiger partial charge in [0.2, 0.25) is 0 Å². The van der Waals surface area contributed by atoms with Gasteiger partial charge in [-0.05, 0) is 48.5 Å². The van der Waals surface area contributed by atoms with Crippen molar-refractivity contribution in [3.8, 4) is 11.3 Å². The predicted molar refractivity (Wildman–Crippen MR) is 101 cm³/mol. The number of hydrazone groups is 1. The monoisotopic (exact) mass is 410 g/mol. The third-order valence-electron chi connectivity index (χ3n) is 3.37. The zero-order valence-electron chi connectivity index (χ0n) is 13.0. The number of nitrogens with one attached hydrogen (secondary N) is 1. The molecule has 0 bridgehead atoms. The lowest BCUT2D eigenvalue weighted by Gasteiger charge is -2.03. The van der Waals surface area contributed by atoms with E-state index < -0.39 is 11.7 Å². The maximum absolute atomic E-state index is 12.8. The number of furan rings is 1. The molecule has 3 aromatic rings. The Balaban J connectivity index is 1.70. The van der Waals surface area contributed by atoms with Gasteiger partial charge >= 0.3 is 0 Å². The molecule has 1 amide bonds. The van der Waals surface area contributed by atoms with Crippen molar-refractivity contribution in [2.24, 2.45) is 5.10 Å². The van der Waals surface area contributed by atoms with Crippen molar-refractivity contribution in [3.05, 3.63) is 80.7 Å². The normalized spacial score (nSPS) is 11.1. The Kier molecular flexibility index (Phi) is 5.61. The Morgan fingerprint density at radius 1 is 1.00 bits per heavy atom. The first-order chi connectivity index (χ1) is 12.4. The molecule has 0 aliphatic heterocycles. The van der Waals surface area contributed by atoms with Gasteiger partial charge in [-0.3, -0.25) is 4.79 Å². The number of carbonyl (C=O) groups is 1. The molecule has 0 saturated carbocycles. The third-order valence-corrected chi connectivity index (χ3v) is 4.40. The topological polar surface area (TPSA) is 54.6 Å². The van der Waals surface area contributed by atoms with Gasteiger partial charge < -0.3 is 4.42 Å². The first kappa shape index (κ1) is 18.5. The Labute approximate surface area is 163 Å². The van der Waals surface area contributed by atoms with Crippen LogP contribution in [0.3, 0.4) is 0 Å². The number of amides is 1. The summed E-state index contributed by atoms with van der Waals surface area (Å²) in [5.74, 6) is -0.0314. The van der Waals surface area contributed by atoms with Crippen molar-refractivity contribution >= 4 is 46.9 Å². The van der Waals surface area contributed by atoms with Crippen molar-refractivity contribution in [2.45, 2.75) is 0 Å². The molecule has 0 unspecified atom stereocenters. The molecule has 0 spiro atoms. The van der Waals surface area contributed by atoms with Crippen molar-refractivity contribution in [1.29, 1.82) is 0 Å². The molecule has 0 saturated heterocycles. The van der Waals surface area contributed by atoms with Crippen LogP contribution in [0.4, 0.5) is 4.39 Å². The number of hydrogen-bond acceptors (Lipinski definition) is 3. The van der Waals surface area contributed by atoms with E-state index in [0.717, 1.165) is 0 Å². The van der Waals surface area contributed by atoms with E-state index in [-0.39, 0.29) is 5.56 Å². The Bertz CT molecular complexity index is 985. The third kappa shape index (κ3) is 4.25. The summed E-state index contributed by atoms with van der Waals surface area (Å²) in [5, 5.41) is 4.90. The first-order valence-electron chi connectivity index (χ1n) is 7.28. The fraction of sp³-hybridized carbons (Fsp3) is 0. The van der Waals surface area contributed by atoms with E-state index in [9.17, 15) is 9.18 Å². The van der Waals surface area contributed by atoms with Gasteiger partial charge in [-0.2, -0.15) is 5.10 Å². The number of hydrogen-bond donors (Lipinski definition) is 1. The first-order valence-corrected chi connectivity index (χ1v) is 8.41. The molecule has 1 heterocycles. The minimum Gasteiger partial charge on any atom is -0.455 e. The summed E-state index contributed by atoms with van der Waals surface area (Å²) in [5.41, 5.74) is 3.19. The molecular formula is C18H10Cl3FN2O2. The number of nitrogens with zero attached hydrogens (tertiary/aromatic N) is 1. The van der Waals surface area contributed by atoms with Crippen molar-refractivity contribution < 1.29 is 13.6 Å². The van der Waals surface area contributed by atoms with Gasteiger partial charge in [0.05, 0.1) is 21.3 Å². The lowest BCUT2D eigenvalue weighted by Crippen LogP contribution is -2.17. The number of carbonyl (C=O) groups excluding carboxylic acids is 1. The molecule has 132 valence electrons. The highest BCUT2D eigenvalue weighted by molar-refractivity contribution is 6.44. The highest BCUT2D eigenvalue weighted by Gasteiger charge is 2.11. The molecule has 0 atom stereocenters. The highest BCUT2D eigenvalue weighted by atomic mass is 35.5. The molecule has 4 nitrogen and oxygen atoms in total. The standard InChI is InChI=1S/C18H10Cl3FN2O2/c19-14-8-16(21)15(20)7-13(14)17-6-5-12(26-17)9-23-24-18(25)10-1-3-11(22)4-2-10/h1-9H,(H,24,25). The van der Waals surface area contributed by atoms with E-state index in [2.05, 4.69) is 10.5 Å². The van der Waals surface area contributed by atoms with E-state index in [0.29, 0.717) is 32.2 Å². The van der Waals surface area contributed by atoms with Crippen molar-refractivity contribution in [1.82, 2.24) is 5.43 Å². The van der Waals surface area contributed by atoms with E-state index in [1.165, 1.54) is 36.5 Å². The quantitative estimate of drug-likeness (QED) is 0.334. The van der Waals surface area contributed by atoms with Gasteiger partial charge in [-0.25, -0.2) is 9.82 Å². The van der Waals surface area contributed by atoms with Crippen LogP contribution < -0.4 is 5.43 Å². The van der Waals surface area contributed by atoms with Gasteiger partial charge in [0.1, 0.15) is 17.3 Å². The molecule has 0 aliphatic carbocycles. The summed E-state index contributed by atoms with van der Waals surface area (Å²) in [7, 11) is 0. The van der Waals surface area contributed by atoms with Crippen LogP contribution in [-0.2, 0) is 0 Å². The molecule has 1 aromatic heterocycles. The van der Waals surface area contributed by atoms with Crippen LogP contribution in [0.5, 0.6) is 0 Å². The van der Waals surface area contributed by atoms with Gasteiger partial charge in [0, 0.05) is 11.1 Å². The second-order valence-corrected chi connectivity index (χ2v) is 6.38. The Hall–Kier alpha value is -2.34. The second-order valence-electron chi connectivity index (χ2n) is 5.15. The number of rotatable bonds is 4. The average molecular weight is 412 g/mol. The molecule has 2 aromatic carbocycles. The maximum Gasteiger partial charge on any atom is 0.271 e. The largest absolute Gasteiger partial charge is 0.455 e. The summed E-state index contributed by atoms with van der Waals surface area (Å²) in [6.45, 7) is 0. The van der Waals surface area contributed by atoms with Gasteiger partial charge in [0.25, 0.3) is 5.91 Å². The lowest BCUT2D eigenvalue weighted by molar-refractivity contribution is 0.0955. The van der Waals surface area contributed by atoms with Crippen LogP contribution in [-0.4, -0.2) is 12.1 Å². The molecule has 26 heavy (non-hydrogen) atoms. The lowest BCUT2D eigenvalue weighted by atomic mass is 10.2. The molecule has 0 aliphatic rings. The van der Waals surface area contributed by atoms with Gasteiger partial charge in [-0.1, -0.05) is 34.8 Å². The summed E-state index contributed by atoms with van der Waals surface area (Å²) in [6.07, 6.45) is 1.33. The van der Waals surface area contributed by atoms with Crippen LogP contribution in [0.1, 0.15) is 16.1 Å². The predicted octanol–water partition coefficient (Wildman–Crippen LogP) is 5.81. The van der Waals surface area contributed by atoms with Crippen LogP contribution >= 0.6 is 34.8 Å². The molecule has 1 N–H and O–H groups in total. The highest BCUT2D eigenvalue weighted by Crippen LogP contribution is 2.35. The minimum atomic E-state index is -0.472. The Morgan fingerprint density at radius 3 is 2.42 bits per heavy atom. The van der Waals surface area contributed by atoms with E-state index in [1.54, 1.807) is 18.2 Å². The minimum absolute atomic E-state index is 0.284. The molecular weight excluding hydrogens is 402 g/mol. The summed E-state index contributed by atoms with van der Waals surface area (Å²) in [6, 6.07) is 11.6. The second kappa shape index (κ2) is 7.91. The maximum atomic E-state index is 12.8. The van der Waals surface area contributed by atoms with E-state index in [1.807, 2.05) is 0 Å². The summed E-state index contributed by atoms with van der Waals surface area (Å²) >= 11 is 18.1. The zero-order chi connectivity index (χ0) is 18.7. The van der Waals surface area contributed by atoms with Crippen LogP contribution in [0.2, 0.25) is 15.1 Å². The fourth-order valence-electron chi connectivity index (χ4n) is 2.10. The average Bonchev–Trinajstić information content (AvgIpc) is 3.07. The molecule has 0 fully saturated rings. The van der Waals surface area contributed by atoms with Crippen LogP contribution in [0.25, 0.3) is 11.3 Å². The van der Waals surface area contributed by atoms with Gasteiger partial charge in [0.15, 0.2) is 0 Å². The smallest absolute Gasteiger partial charge is 0.271 e. The molecule has 0 radical (unpaired) electrons. The summed E-state index contributed by atoms with van der Waals surface area (Å²) in [4.78, 5) is 11.9. The fourth-order valence-corrected chi connectivity index (χ4v) is 2.74. The van der Waals surface area contributed by atoms with Crippen molar-refractivity contribution in [2.75, 3.05) is 0 Å². The van der Waals surface area contributed by atoms with Crippen molar-refractivity contribution in [3.63, 3.8) is 0 Å². The number of benzene rings is 2. The van der Waals surface area contributed by atoms with Gasteiger partial charge in [-0.15, -0.1) is 0 Å². The molecule has 3 rings (SSSR count). The molecule has 8 heteroatoms. The Morgan fingerprint density at radius 2 is 1.69 bits per heavy atom. The zero-order valence-corrected chi connectivity index (χ0v) is 15.2. The number of halogens is 4. The SMILES string of the molecule is O=C(NN=Cc1ccc(-c2cc(Cl)c(Cl)cc2Cl)o1)c1ccc(F)cc1. The van der Waals surface area contributed by atoms with Crippen LogP contribution in [0, 0.1) is 5.82 Å². The summed E-state index contributed by atoms with van der Waals surface area (Å²) < 4.78 is 18.5. The van der Waals surface area contributed by atoms with E-state index in [4.69, 9.17) is 39.2 Å². The van der Waals surface area contributed by atoms with Crippen LogP contribution in [0.15, 0.2) is 58.0 Å².